The Hall–Kier alpha value is -3.15. The number of imidazole rings is 2. The highest BCUT2D eigenvalue weighted by molar-refractivity contribution is 5.77. The van der Waals surface area contributed by atoms with Crippen LogP contribution >= 0.6 is 0 Å². The van der Waals surface area contributed by atoms with Crippen LogP contribution in [0.1, 0.15) is 32.0 Å². The lowest BCUT2D eigenvalue weighted by Gasteiger charge is -2.12. The van der Waals surface area contributed by atoms with Gasteiger partial charge in [-0.3, -0.25) is 4.68 Å². The Morgan fingerprint density at radius 3 is 2.46 bits per heavy atom. The van der Waals surface area contributed by atoms with Crippen LogP contribution in [0.25, 0.3) is 22.5 Å². The van der Waals surface area contributed by atoms with Crippen LogP contribution in [0.3, 0.4) is 0 Å². The van der Waals surface area contributed by atoms with E-state index in [-0.39, 0.29) is 0 Å². The van der Waals surface area contributed by atoms with Crippen molar-refractivity contribution in [2.75, 3.05) is 0 Å². The van der Waals surface area contributed by atoms with E-state index in [4.69, 9.17) is 4.98 Å². The van der Waals surface area contributed by atoms with Crippen LogP contribution in [-0.4, -0.2) is 28.9 Å². The molecule has 0 aliphatic carbocycles. The van der Waals surface area contributed by atoms with Crippen LogP contribution in [0.2, 0.25) is 0 Å². The molecule has 144 valence electrons. The van der Waals surface area contributed by atoms with Gasteiger partial charge in [-0.2, -0.15) is 5.10 Å². The fourth-order valence-electron chi connectivity index (χ4n) is 3.63. The topological polar surface area (TPSA) is 53.5 Å². The van der Waals surface area contributed by atoms with E-state index in [9.17, 15) is 0 Å². The minimum absolute atomic E-state index is 0.430. The Morgan fingerprint density at radius 1 is 0.964 bits per heavy atom. The summed E-state index contributed by atoms with van der Waals surface area (Å²) < 4.78 is 6.33. The smallest absolute Gasteiger partial charge is 0.111 e. The van der Waals surface area contributed by atoms with E-state index in [1.165, 1.54) is 0 Å². The van der Waals surface area contributed by atoms with Gasteiger partial charge in [0.1, 0.15) is 5.82 Å². The van der Waals surface area contributed by atoms with Crippen LogP contribution < -0.4 is 0 Å². The van der Waals surface area contributed by atoms with E-state index < -0.39 is 0 Å². The molecule has 0 radical (unpaired) electrons. The zero-order chi connectivity index (χ0) is 19.5. The number of hydrogen-bond acceptors (Lipinski definition) is 3. The van der Waals surface area contributed by atoms with E-state index in [1.54, 1.807) is 0 Å². The minimum Gasteiger partial charge on any atom is -0.335 e. The van der Waals surface area contributed by atoms with Crippen LogP contribution in [0.5, 0.6) is 0 Å². The number of nitrogens with zero attached hydrogens (tertiary/aromatic N) is 6. The van der Waals surface area contributed by atoms with Gasteiger partial charge in [0.2, 0.25) is 0 Å². The van der Waals surface area contributed by atoms with Crippen LogP contribution in [0.4, 0.5) is 0 Å². The van der Waals surface area contributed by atoms with E-state index in [1.807, 2.05) is 54.8 Å². The molecule has 1 aromatic carbocycles. The summed E-state index contributed by atoms with van der Waals surface area (Å²) in [4.78, 5) is 9.23. The fraction of sp³-hybridized carbons (Fsp3) is 0.318. The summed E-state index contributed by atoms with van der Waals surface area (Å²) in [5.41, 5.74) is 4.33. The van der Waals surface area contributed by atoms with Crippen molar-refractivity contribution in [3.63, 3.8) is 0 Å². The molecule has 6 nitrogen and oxygen atoms in total. The Balaban J connectivity index is 1.60. The molecule has 0 N–H and O–H groups in total. The van der Waals surface area contributed by atoms with Crippen molar-refractivity contribution in [2.45, 2.75) is 39.3 Å². The highest BCUT2D eigenvalue weighted by Crippen LogP contribution is 2.31. The molecule has 0 aliphatic rings. The second kappa shape index (κ2) is 7.84. The van der Waals surface area contributed by atoms with E-state index in [0.717, 1.165) is 47.8 Å². The summed E-state index contributed by atoms with van der Waals surface area (Å²) in [6.45, 7) is 6.20. The van der Waals surface area contributed by atoms with Crippen molar-refractivity contribution in [3.8, 4) is 22.5 Å². The molecule has 0 aliphatic heterocycles. The number of rotatable bonds is 7. The van der Waals surface area contributed by atoms with Gasteiger partial charge < -0.3 is 9.13 Å². The van der Waals surface area contributed by atoms with Gasteiger partial charge in [-0.05, 0) is 6.42 Å². The molecule has 0 spiro atoms. The van der Waals surface area contributed by atoms with Crippen LogP contribution in [-0.2, 0) is 20.1 Å². The van der Waals surface area contributed by atoms with Crippen LogP contribution in [0, 0.1) is 0 Å². The maximum atomic E-state index is 4.74. The van der Waals surface area contributed by atoms with Gasteiger partial charge in [0.15, 0.2) is 0 Å². The van der Waals surface area contributed by atoms with Gasteiger partial charge in [0.05, 0.1) is 23.9 Å². The summed E-state index contributed by atoms with van der Waals surface area (Å²) in [5.74, 6) is 1.57. The third kappa shape index (κ3) is 3.63. The van der Waals surface area contributed by atoms with Gasteiger partial charge in [0, 0.05) is 55.8 Å². The molecule has 0 fully saturated rings. The van der Waals surface area contributed by atoms with Crippen molar-refractivity contribution in [1.82, 2.24) is 28.9 Å². The Kier molecular flexibility index (Phi) is 5.10. The molecule has 0 saturated heterocycles. The third-order valence-corrected chi connectivity index (χ3v) is 4.93. The summed E-state index contributed by atoms with van der Waals surface area (Å²) in [7, 11) is 1.94. The average molecular weight is 374 g/mol. The maximum absolute atomic E-state index is 4.74. The van der Waals surface area contributed by atoms with Gasteiger partial charge in [-0.15, -0.1) is 0 Å². The minimum atomic E-state index is 0.430. The average Bonchev–Trinajstić information content (AvgIpc) is 3.42. The largest absolute Gasteiger partial charge is 0.335 e. The van der Waals surface area contributed by atoms with Crippen LogP contribution in [0.15, 0.2) is 61.4 Å². The monoisotopic (exact) mass is 374 g/mol. The second-order valence-electron chi connectivity index (χ2n) is 7.39. The van der Waals surface area contributed by atoms with E-state index >= 15 is 0 Å². The standard InChI is InChI=1S/C22H26N6/c1-17(2)22-23-10-13-27(22)11-7-12-28-16-24-20(18-8-5-4-6-9-18)21(28)19-14-25-26(3)15-19/h4-6,8-10,13-17H,7,11-12H2,1-3H3. The van der Waals surface area contributed by atoms with Crippen molar-refractivity contribution in [1.29, 1.82) is 0 Å². The summed E-state index contributed by atoms with van der Waals surface area (Å²) in [6.07, 6.45) is 10.9. The van der Waals surface area contributed by atoms with Gasteiger partial charge in [0.25, 0.3) is 0 Å². The Bertz CT molecular complexity index is 1040. The number of benzene rings is 1. The van der Waals surface area contributed by atoms with E-state index in [0.29, 0.717) is 5.92 Å². The molecule has 0 unspecified atom stereocenters. The summed E-state index contributed by atoms with van der Waals surface area (Å²) >= 11 is 0. The SMILES string of the molecule is CC(C)c1nccn1CCCn1cnc(-c2ccccc2)c1-c1cnn(C)c1. The molecule has 28 heavy (non-hydrogen) atoms. The van der Waals surface area contributed by atoms with Gasteiger partial charge in [-0.25, -0.2) is 9.97 Å². The lowest BCUT2D eigenvalue weighted by molar-refractivity contribution is 0.540. The molecule has 3 heterocycles. The summed E-state index contributed by atoms with van der Waals surface area (Å²) in [6, 6.07) is 10.3. The van der Waals surface area contributed by atoms with Crippen molar-refractivity contribution >= 4 is 0 Å². The molecule has 4 aromatic rings. The number of aryl methyl sites for hydroxylation is 3. The lowest BCUT2D eigenvalue weighted by atomic mass is 10.1. The van der Waals surface area contributed by atoms with E-state index in [2.05, 4.69) is 51.4 Å². The van der Waals surface area contributed by atoms with Gasteiger partial charge >= 0.3 is 0 Å². The number of aromatic nitrogens is 6. The zero-order valence-electron chi connectivity index (χ0n) is 16.7. The van der Waals surface area contributed by atoms with Crippen molar-refractivity contribution < 1.29 is 0 Å². The first-order valence-corrected chi connectivity index (χ1v) is 9.74. The Labute approximate surface area is 165 Å². The first-order valence-electron chi connectivity index (χ1n) is 9.74. The third-order valence-electron chi connectivity index (χ3n) is 4.93. The number of hydrogen-bond donors (Lipinski definition) is 0. The molecule has 0 saturated carbocycles. The first kappa shape index (κ1) is 18.2. The molecular formula is C22H26N6. The Morgan fingerprint density at radius 2 is 1.75 bits per heavy atom. The lowest BCUT2D eigenvalue weighted by Crippen LogP contribution is -2.08. The molecule has 6 heteroatoms. The van der Waals surface area contributed by atoms with Crippen molar-refractivity contribution in [3.05, 3.63) is 67.3 Å². The molecule has 0 bridgehead atoms. The maximum Gasteiger partial charge on any atom is 0.111 e. The summed E-state index contributed by atoms with van der Waals surface area (Å²) in [5, 5.41) is 4.36. The predicted molar refractivity (Wildman–Crippen MR) is 111 cm³/mol. The molecule has 0 atom stereocenters. The zero-order valence-corrected chi connectivity index (χ0v) is 16.7. The highest BCUT2D eigenvalue weighted by Gasteiger charge is 2.16. The molecule has 0 amide bonds. The highest BCUT2D eigenvalue weighted by atomic mass is 15.2. The fourth-order valence-corrected chi connectivity index (χ4v) is 3.63. The van der Waals surface area contributed by atoms with Crippen molar-refractivity contribution in [2.24, 2.45) is 7.05 Å². The predicted octanol–water partition coefficient (Wildman–Crippen LogP) is 4.36. The quantitative estimate of drug-likeness (QED) is 0.483. The normalized spacial score (nSPS) is 11.4. The molecular weight excluding hydrogens is 348 g/mol. The molecule has 4 rings (SSSR count). The molecule has 3 aromatic heterocycles. The first-order chi connectivity index (χ1) is 13.6. The second-order valence-corrected chi connectivity index (χ2v) is 7.39. The van der Waals surface area contributed by atoms with Gasteiger partial charge in [-0.1, -0.05) is 44.2 Å².